The normalized spacial score (nSPS) is 16.6. The number of hydrogen-bond acceptors (Lipinski definition) is 4. The first kappa shape index (κ1) is 27.3. The number of ether oxygens (including phenoxy) is 2. The number of nitriles is 1. The molecule has 0 N–H and O–H groups in total. The van der Waals surface area contributed by atoms with Crippen LogP contribution in [0.1, 0.15) is 53.2 Å². The van der Waals surface area contributed by atoms with Crippen LogP contribution in [-0.2, 0) is 11.3 Å². The first-order chi connectivity index (χ1) is 20.6. The van der Waals surface area contributed by atoms with E-state index in [1.807, 2.05) is 54.6 Å². The van der Waals surface area contributed by atoms with Crippen molar-refractivity contribution in [2.75, 3.05) is 7.11 Å². The molecule has 1 aromatic heterocycles. The van der Waals surface area contributed by atoms with Crippen molar-refractivity contribution in [2.45, 2.75) is 38.2 Å². The first-order valence-corrected chi connectivity index (χ1v) is 14.3. The van der Waals surface area contributed by atoms with Crippen LogP contribution in [0.4, 0.5) is 4.39 Å². The number of carbonyl (C=O) groups excluding carboxylic acids is 1. The number of aromatic nitrogens is 1. The van der Waals surface area contributed by atoms with Gasteiger partial charge in [-0.2, -0.15) is 5.26 Å². The highest BCUT2D eigenvalue weighted by Gasteiger charge is 2.31. The Balaban J connectivity index is 1.60. The minimum Gasteiger partial charge on any atom is -0.488 e. The van der Waals surface area contributed by atoms with Gasteiger partial charge in [0.1, 0.15) is 18.2 Å². The fourth-order valence-corrected chi connectivity index (χ4v) is 6.12. The average molecular weight is 559 g/mol. The van der Waals surface area contributed by atoms with Crippen molar-refractivity contribution in [3.63, 3.8) is 0 Å². The predicted molar refractivity (Wildman–Crippen MR) is 161 cm³/mol. The first-order valence-electron chi connectivity index (χ1n) is 14.3. The summed E-state index contributed by atoms with van der Waals surface area (Å²) < 4.78 is 27.7. The summed E-state index contributed by atoms with van der Waals surface area (Å²) in [4.78, 5) is 12.2. The van der Waals surface area contributed by atoms with Gasteiger partial charge in [-0.25, -0.2) is 9.18 Å². The molecule has 42 heavy (non-hydrogen) atoms. The molecule has 6 rings (SSSR count). The van der Waals surface area contributed by atoms with E-state index in [4.69, 9.17) is 9.47 Å². The minimum atomic E-state index is -0.391. The molecule has 4 aromatic carbocycles. The van der Waals surface area contributed by atoms with E-state index in [2.05, 4.69) is 16.7 Å². The van der Waals surface area contributed by atoms with Crippen LogP contribution >= 0.6 is 0 Å². The summed E-state index contributed by atoms with van der Waals surface area (Å²) in [7, 11) is 1.37. The molecule has 0 spiro atoms. The van der Waals surface area contributed by atoms with Crippen LogP contribution < -0.4 is 4.74 Å². The maximum atomic E-state index is 14.1. The zero-order valence-corrected chi connectivity index (χ0v) is 23.4. The molecule has 5 nitrogen and oxygen atoms in total. The predicted octanol–water partition coefficient (Wildman–Crippen LogP) is 8.60. The highest BCUT2D eigenvalue weighted by atomic mass is 19.1. The number of nitrogens with zero attached hydrogens (tertiary/aromatic N) is 2. The van der Waals surface area contributed by atoms with Gasteiger partial charge in [-0.15, -0.1) is 0 Å². The van der Waals surface area contributed by atoms with Crippen LogP contribution in [0.5, 0.6) is 5.75 Å². The summed E-state index contributed by atoms with van der Waals surface area (Å²) in [5.41, 5.74) is 6.42. The van der Waals surface area contributed by atoms with E-state index in [1.54, 1.807) is 24.3 Å². The summed E-state index contributed by atoms with van der Waals surface area (Å²) in [5.74, 6) is 0.284. The van der Waals surface area contributed by atoms with Gasteiger partial charge < -0.3 is 14.0 Å². The Hall–Kier alpha value is -4.89. The summed E-state index contributed by atoms with van der Waals surface area (Å²) in [6, 6.07) is 32.6. The summed E-state index contributed by atoms with van der Waals surface area (Å²) >= 11 is 0. The molecule has 6 heteroatoms. The summed E-state index contributed by atoms with van der Waals surface area (Å²) in [5, 5.41) is 10.5. The second-order valence-electron chi connectivity index (χ2n) is 10.7. The number of methoxy groups -OCH3 is 1. The second kappa shape index (κ2) is 11.9. The Morgan fingerprint density at radius 2 is 1.62 bits per heavy atom. The van der Waals surface area contributed by atoms with E-state index in [0.717, 1.165) is 70.4 Å². The Kier molecular flexibility index (Phi) is 7.74. The van der Waals surface area contributed by atoms with E-state index >= 15 is 0 Å². The highest BCUT2D eigenvalue weighted by Crippen LogP contribution is 2.48. The lowest BCUT2D eigenvalue weighted by Crippen LogP contribution is -2.15. The third-order valence-corrected chi connectivity index (χ3v) is 8.21. The molecule has 0 unspecified atom stereocenters. The van der Waals surface area contributed by atoms with Crippen molar-refractivity contribution in [1.29, 1.82) is 5.26 Å². The van der Waals surface area contributed by atoms with Gasteiger partial charge in [-0.3, -0.25) is 0 Å². The van der Waals surface area contributed by atoms with E-state index in [0.29, 0.717) is 12.2 Å². The van der Waals surface area contributed by atoms with Crippen LogP contribution in [0.25, 0.3) is 27.7 Å². The van der Waals surface area contributed by atoms with Crippen LogP contribution in [0.2, 0.25) is 0 Å². The van der Waals surface area contributed by atoms with E-state index < -0.39 is 5.97 Å². The third kappa shape index (κ3) is 5.26. The van der Waals surface area contributed by atoms with Gasteiger partial charge in [0.05, 0.1) is 29.6 Å². The fraction of sp³-hybridized carbons (Fsp3) is 0.222. The quantitative estimate of drug-likeness (QED) is 0.188. The van der Waals surface area contributed by atoms with Gasteiger partial charge in [0.15, 0.2) is 0 Å². The molecule has 1 aliphatic carbocycles. The number of carbonyl (C=O) groups is 1. The Labute approximate surface area is 244 Å². The van der Waals surface area contributed by atoms with Gasteiger partial charge in [0, 0.05) is 28.8 Å². The van der Waals surface area contributed by atoms with Crippen molar-refractivity contribution in [2.24, 2.45) is 5.92 Å². The van der Waals surface area contributed by atoms with Gasteiger partial charge in [-0.05, 0) is 85.3 Å². The molecule has 1 saturated carbocycles. The molecular formula is C36H31FN2O3. The van der Waals surface area contributed by atoms with Gasteiger partial charge in [-0.1, -0.05) is 48.5 Å². The molecule has 1 heterocycles. The Bertz CT molecular complexity index is 1740. The van der Waals surface area contributed by atoms with Crippen molar-refractivity contribution < 1.29 is 18.7 Å². The SMILES string of the molecule is COC(=O)c1ccc(-c2c(C3CCC(C#N)CC3)n(-c3ccc(F)cc3)c3cccc(OCc4ccccc4)c23)cc1. The Morgan fingerprint density at radius 1 is 0.905 bits per heavy atom. The lowest BCUT2D eigenvalue weighted by molar-refractivity contribution is 0.0600. The van der Waals surface area contributed by atoms with Crippen molar-refractivity contribution in [3.8, 4) is 28.6 Å². The largest absolute Gasteiger partial charge is 0.488 e. The lowest BCUT2D eigenvalue weighted by atomic mass is 9.79. The zero-order chi connectivity index (χ0) is 29.1. The van der Waals surface area contributed by atoms with Crippen LogP contribution in [-0.4, -0.2) is 17.6 Å². The summed E-state index contributed by atoms with van der Waals surface area (Å²) in [6.07, 6.45) is 3.38. The molecule has 0 amide bonds. The third-order valence-electron chi connectivity index (χ3n) is 8.21. The van der Waals surface area contributed by atoms with Gasteiger partial charge >= 0.3 is 5.97 Å². The van der Waals surface area contributed by atoms with Crippen molar-refractivity contribution in [1.82, 2.24) is 4.57 Å². The number of fused-ring (bicyclic) bond motifs is 1. The molecule has 0 bridgehead atoms. The monoisotopic (exact) mass is 558 g/mol. The highest BCUT2D eigenvalue weighted by molar-refractivity contribution is 6.04. The van der Waals surface area contributed by atoms with Crippen LogP contribution in [0, 0.1) is 23.1 Å². The molecule has 5 aromatic rings. The number of benzene rings is 4. The lowest BCUT2D eigenvalue weighted by Gasteiger charge is -2.27. The molecule has 0 saturated heterocycles. The molecule has 0 aliphatic heterocycles. The standard InChI is InChI=1S/C36H31FN2O3/c1-41-36(40)28-16-14-26(15-17-28)33-34-31(8-5-9-32(34)42-23-25-6-3-2-4-7-25)39(30-20-18-29(37)19-21-30)35(33)27-12-10-24(22-38)11-13-27/h2-9,14-21,24,27H,10-13,23H2,1H3. The maximum Gasteiger partial charge on any atom is 0.337 e. The maximum absolute atomic E-state index is 14.1. The zero-order valence-electron chi connectivity index (χ0n) is 23.4. The summed E-state index contributed by atoms with van der Waals surface area (Å²) in [6.45, 7) is 0.408. The minimum absolute atomic E-state index is 0.0532. The molecular weight excluding hydrogens is 527 g/mol. The molecule has 0 radical (unpaired) electrons. The molecule has 0 atom stereocenters. The number of halogens is 1. The molecule has 210 valence electrons. The number of esters is 1. The number of rotatable bonds is 7. The molecule has 1 aliphatic rings. The van der Waals surface area contributed by atoms with Crippen molar-refractivity contribution >= 4 is 16.9 Å². The van der Waals surface area contributed by atoms with Crippen molar-refractivity contribution in [3.05, 3.63) is 120 Å². The van der Waals surface area contributed by atoms with Gasteiger partial charge in [0.25, 0.3) is 0 Å². The average Bonchev–Trinajstić information content (AvgIpc) is 3.40. The fourth-order valence-electron chi connectivity index (χ4n) is 6.12. The second-order valence-corrected chi connectivity index (χ2v) is 10.7. The van der Waals surface area contributed by atoms with Gasteiger partial charge in [0.2, 0.25) is 0 Å². The smallest absolute Gasteiger partial charge is 0.337 e. The number of hydrogen-bond donors (Lipinski definition) is 0. The van der Waals surface area contributed by atoms with E-state index in [9.17, 15) is 14.4 Å². The van der Waals surface area contributed by atoms with Crippen LogP contribution in [0.15, 0.2) is 97.1 Å². The van der Waals surface area contributed by atoms with E-state index in [1.165, 1.54) is 19.2 Å². The van der Waals surface area contributed by atoms with Crippen LogP contribution in [0.3, 0.4) is 0 Å². The Morgan fingerprint density at radius 3 is 2.29 bits per heavy atom. The van der Waals surface area contributed by atoms with E-state index in [-0.39, 0.29) is 17.7 Å². The molecule has 1 fully saturated rings. The topological polar surface area (TPSA) is 64.2 Å².